The lowest BCUT2D eigenvalue weighted by atomic mass is 10.1. The van der Waals surface area contributed by atoms with Crippen LogP contribution in [-0.2, 0) is 13.1 Å². The first kappa shape index (κ1) is 17.8. The Morgan fingerprint density at radius 2 is 2.15 bits per heavy atom. The van der Waals surface area contributed by atoms with Crippen molar-refractivity contribution in [2.75, 3.05) is 20.3 Å². The molecular formula is C20H26N4O3. The van der Waals surface area contributed by atoms with Gasteiger partial charge in [0.2, 0.25) is 0 Å². The summed E-state index contributed by atoms with van der Waals surface area (Å²) in [6, 6.07) is 5.70. The van der Waals surface area contributed by atoms with Gasteiger partial charge in [-0.15, -0.1) is 5.10 Å². The summed E-state index contributed by atoms with van der Waals surface area (Å²) in [6.45, 7) is 4.26. The molecule has 0 spiro atoms. The van der Waals surface area contributed by atoms with Crippen molar-refractivity contribution >= 4 is 5.91 Å². The van der Waals surface area contributed by atoms with Gasteiger partial charge in [0.1, 0.15) is 18.1 Å². The molecule has 0 bridgehead atoms. The van der Waals surface area contributed by atoms with E-state index in [2.05, 4.69) is 10.3 Å². The zero-order valence-corrected chi connectivity index (χ0v) is 16.0. The fraction of sp³-hybridized carbons (Fsp3) is 0.550. The SMILES string of the molecule is COc1ccc2c(c1)OCCN(C(=O)c1nnn(CC3CCCC3)c1C)C2. The van der Waals surface area contributed by atoms with E-state index >= 15 is 0 Å². The molecule has 0 unspecified atom stereocenters. The Hall–Kier alpha value is -2.57. The highest BCUT2D eigenvalue weighted by Gasteiger charge is 2.26. The van der Waals surface area contributed by atoms with Crippen LogP contribution < -0.4 is 9.47 Å². The predicted molar refractivity (Wildman–Crippen MR) is 99.9 cm³/mol. The number of methoxy groups -OCH3 is 1. The van der Waals surface area contributed by atoms with E-state index in [4.69, 9.17) is 9.47 Å². The maximum Gasteiger partial charge on any atom is 0.276 e. The summed E-state index contributed by atoms with van der Waals surface area (Å²) in [5.74, 6) is 2.09. The van der Waals surface area contributed by atoms with Gasteiger partial charge >= 0.3 is 0 Å². The van der Waals surface area contributed by atoms with Gasteiger partial charge < -0.3 is 14.4 Å². The van der Waals surface area contributed by atoms with E-state index in [-0.39, 0.29) is 5.91 Å². The summed E-state index contributed by atoms with van der Waals surface area (Å²) < 4.78 is 13.0. The van der Waals surface area contributed by atoms with E-state index in [1.165, 1.54) is 25.7 Å². The van der Waals surface area contributed by atoms with E-state index in [0.717, 1.165) is 29.3 Å². The number of hydrogen-bond acceptors (Lipinski definition) is 5. The van der Waals surface area contributed by atoms with Crippen molar-refractivity contribution < 1.29 is 14.3 Å². The van der Waals surface area contributed by atoms with Crippen LogP contribution >= 0.6 is 0 Å². The number of fused-ring (bicyclic) bond motifs is 1. The molecule has 2 heterocycles. The molecule has 1 amide bonds. The topological polar surface area (TPSA) is 69.5 Å². The predicted octanol–water partition coefficient (Wildman–Crippen LogP) is 2.82. The Kier molecular flexibility index (Phi) is 5.01. The van der Waals surface area contributed by atoms with Gasteiger partial charge in [-0.05, 0) is 37.8 Å². The van der Waals surface area contributed by atoms with Gasteiger partial charge in [-0.25, -0.2) is 4.68 Å². The van der Waals surface area contributed by atoms with Crippen LogP contribution in [0.1, 0.15) is 47.4 Å². The third-order valence-corrected chi connectivity index (χ3v) is 5.63. The van der Waals surface area contributed by atoms with E-state index < -0.39 is 0 Å². The van der Waals surface area contributed by atoms with Gasteiger partial charge in [-0.2, -0.15) is 0 Å². The molecule has 2 aromatic rings. The van der Waals surface area contributed by atoms with Crippen LogP contribution in [0.25, 0.3) is 0 Å². The summed E-state index contributed by atoms with van der Waals surface area (Å²) >= 11 is 0. The van der Waals surface area contributed by atoms with Crippen molar-refractivity contribution in [3.8, 4) is 11.5 Å². The smallest absolute Gasteiger partial charge is 0.276 e. The number of amides is 1. The monoisotopic (exact) mass is 370 g/mol. The number of carbonyl (C=O) groups is 1. The molecule has 7 heteroatoms. The maximum absolute atomic E-state index is 13.1. The van der Waals surface area contributed by atoms with Crippen LogP contribution in [0.2, 0.25) is 0 Å². The zero-order chi connectivity index (χ0) is 18.8. The van der Waals surface area contributed by atoms with Gasteiger partial charge in [-0.1, -0.05) is 18.1 Å². The summed E-state index contributed by atoms with van der Waals surface area (Å²) in [5.41, 5.74) is 2.27. The fourth-order valence-electron chi connectivity index (χ4n) is 3.97. The zero-order valence-electron chi connectivity index (χ0n) is 16.0. The molecule has 1 saturated carbocycles. The van der Waals surface area contributed by atoms with Crippen LogP contribution in [-0.4, -0.2) is 46.1 Å². The van der Waals surface area contributed by atoms with Gasteiger partial charge in [0.25, 0.3) is 5.91 Å². The molecule has 0 atom stereocenters. The highest BCUT2D eigenvalue weighted by molar-refractivity contribution is 5.93. The Morgan fingerprint density at radius 1 is 1.33 bits per heavy atom. The molecule has 2 aliphatic rings. The average Bonchev–Trinajstić information content (AvgIpc) is 3.26. The number of rotatable bonds is 4. The molecule has 1 aromatic carbocycles. The van der Waals surface area contributed by atoms with Crippen molar-refractivity contribution in [3.63, 3.8) is 0 Å². The lowest BCUT2D eigenvalue weighted by Gasteiger charge is -2.19. The van der Waals surface area contributed by atoms with Gasteiger partial charge in [0.15, 0.2) is 5.69 Å². The van der Waals surface area contributed by atoms with Gasteiger partial charge in [0, 0.05) is 24.7 Å². The van der Waals surface area contributed by atoms with Crippen LogP contribution in [0.15, 0.2) is 18.2 Å². The van der Waals surface area contributed by atoms with E-state index in [0.29, 0.717) is 31.3 Å². The number of benzene rings is 1. The second-order valence-electron chi connectivity index (χ2n) is 7.40. The molecule has 144 valence electrons. The van der Waals surface area contributed by atoms with Crippen molar-refractivity contribution in [1.29, 1.82) is 0 Å². The number of hydrogen-bond donors (Lipinski definition) is 0. The largest absolute Gasteiger partial charge is 0.497 e. The number of aromatic nitrogens is 3. The molecule has 0 N–H and O–H groups in total. The molecule has 1 aromatic heterocycles. The number of nitrogens with zero attached hydrogens (tertiary/aromatic N) is 4. The quantitative estimate of drug-likeness (QED) is 0.828. The van der Waals surface area contributed by atoms with Crippen molar-refractivity contribution in [3.05, 3.63) is 35.2 Å². The lowest BCUT2D eigenvalue weighted by Crippen LogP contribution is -2.33. The standard InChI is InChI=1S/C20H26N4O3/c1-14-19(21-22-24(14)12-15-5-3-4-6-15)20(25)23-9-10-27-18-11-17(26-2)8-7-16(18)13-23/h7-8,11,15H,3-6,9-10,12-13H2,1-2H3. The van der Waals surface area contributed by atoms with Gasteiger partial charge in [0.05, 0.1) is 19.3 Å². The molecule has 7 nitrogen and oxygen atoms in total. The van der Waals surface area contributed by atoms with Gasteiger partial charge in [-0.3, -0.25) is 4.79 Å². The van der Waals surface area contributed by atoms with Crippen LogP contribution in [0.4, 0.5) is 0 Å². The molecule has 1 aliphatic heterocycles. The highest BCUT2D eigenvalue weighted by atomic mass is 16.5. The fourth-order valence-corrected chi connectivity index (χ4v) is 3.97. The minimum Gasteiger partial charge on any atom is -0.497 e. The second-order valence-corrected chi connectivity index (χ2v) is 7.40. The first-order valence-electron chi connectivity index (χ1n) is 9.65. The Morgan fingerprint density at radius 3 is 2.93 bits per heavy atom. The summed E-state index contributed by atoms with van der Waals surface area (Å²) in [7, 11) is 1.63. The minimum absolute atomic E-state index is 0.0857. The average molecular weight is 370 g/mol. The molecule has 0 radical (unpaired) electrons. The molecule has 1 fully saturated rings. The van der Waals surface area contributed by atoms with E-state index in [9.17, 15) is 4.79 Å². The lowest BCUT2D eigenvalue weighted by molar-refractivity contribution is 0.0726. The Balaban J connectivity index is 1.51. The normalized spacial score (nSPS) is 17.3. The van der Waals surface area contributed by atoms with Crippen molar-refractivity contribution in [2.24, 2.45) is 5.92 Å². The first-order valence-corrected chi connectivity index (χ1v) is 9.65. The highest BCUT2D eigenvalue weighted by Crippen LogP contribution is 2.29. The van der Waals surface area contributed by atoms with E-state index in [1.807, 2.05) is 29.8 Å². The third-order valence-electron chi connectivity index (χ3n) is 5.63. The third kappa shape index (κ3) is 3.63. The summed E-state index contributed by atoms with van der Waals surface area (Å²) in [6.07, 6.45) is 5.07. The second kappa shape index (κ2) is 7.58. The molecule has 27 heavy (non-hydrogen) atoms. The molecule has 1 aliphatic carbocycles. The Labute approximate surface area is 159 Å². The van der Waals surface area contributed by atoms with Crippen molar-refractivity contribution in [1.82, 2.24) is 19.9 Å². The molecule has 0 saturated heterocycles. The summed E-state index contributed by atoms with van der Waals surface area (Å²) in [5, 5.41) is 8.46. The molecule has 4 rings (SSSR count). The Bertz CT molecular complexity index is 827. The van der Waals surface area contributed by atoms with E-state index in [1.54, 1.807) is 12.0 Å². The van der Waals surface area contributed by atoms with Crippen LogP contribution in [0.5, 0.6) is 11.5 Å². The maximum atomic E-state index is 13.1. The number of ether oxygens (including phenoxy) is 2. The van der Waals surface area contributed by atoms with Crippen molar-refractivity contribution in [2.45, 2.75) is 45.7 Å². The number of carbonyl (C=O) groups excluding carboxylic acids is 1. The van der Waals surface area contributed by atoms with Crippen LogP contribution in [0.3, 0.4) is 0 Å². The minimum atomic E-state index is -0.0857. The molecular weight excluding hydrogens is 344 g/mol. The van der Waals surface area contributed by atoms with Crippen LogP contribution in [0, 0.1) is 12.8 Å². The first-order chi connectivity index (χ1) is 13.2. The summed E-state index contributed by atoms with van der Waals surface area (Å²) in [4.78, 5) is 14.9.